The maximum absolute atomic E-state index is 12.5. The van der Waals surface area contributed by atoms with Crippen molar-refractivity contribution in [2.75, 3.05) is 10.0 Å². The summed E-state index contributed by atoms with van der Waals surface area (Å²) in [5.74, 6) is -0.318. The molecule has 28 heavy (non-hydrogen) atoms. The molecule has 3 rings (SSSR count). The first kappa shape index (κ1) is 19.5. The number of amides is 1. The largest absolute Gasteiger partial charge is 0.321 e. The lowest BCUT2D eigenvalue weighted by Crippen LogP contribution is -2.17. The Morgan fingerprint density at radius 2 is 1.57 bits per heavy atom. The van der Waals surface area contributed by atoms with Crippen molar-refractivity contribution < 1.29 is 13.2 Å². The number of benzene rings is 1. The van der Waals surface area contributed by atoms with E-state index in [2.05, 4.69) is 25.1 Å². The first-order valence-corrected chi connectivity index (χ1v) is 9.89. The first-order chi connectivity index (χ1) is 13.1. The van der Waals surface area contributed by atoms with Gasteiger partial charge in [0.1, 0.15) is 5.69 Å². The summed E-state index contributed by atoms with van der Waals surface area (Å²) in [6.45, 7) is 5.31. The molecule has 2 heterocycles. The van der Waals surface area contributed by atoms with Gasteiger partial charge in [0, 0.05) is 24.1 Å². The zero-order chi connectivity index (χ0) is 20.5. The molecule has 0 aliphatic carbocycles. The van der Waals surface area contributed by atoms with Crippen LogP contribution in [0.5, 0.6) is 0 Å². The molecule has 0 atom stereocenters. The maximum atomic E-state index is 12.5. The van der Waals surface area contributed by atoms with E-state index in [0.29, 0.717) is 22.8 Å². The van der Waals surface area contributed by atoms with Crippen LogP contribution in [0.4, 0.5) is 11.6 Å². The quantitative estimate of drug-likeness (QED) is 0.678. The lowest BCUT2D eigenvalue weighted by molar-refractivity contribution is 0.101. The van der Waals surface area contributed by atoms with Gasteiger partial charge in [0.2, 0.25) is 5.95 Å². The second-order valence-electron chi connectivity index (χ2n) is 6.35. The molecule has 2 aromatic heterocycles. The number of rotatable bonds is 5. The Balaban J connectivity index is 1.75. The minimum absolute atomic E-state index is 0.0152. The predicted molar refractivity (Wildman–Crippen MR) is 105 cm³/mol. The number of aryl methyl sites for hydroxylation is 4. The monoisotopic (exact) mass is 400 g/mol. The Morgan fingerprint density at radius 1 is 0.964 bits per heavy atom. The third-order valence-electron chi connectivity index (χ3n) is 3.87. The zero-order valence-electron chi connectivity index (χ0n) is 15.9. The fourth-order valence-corrected chi connectivity index (χ4v) is 3.63. The number of nitrogens with zero attached hydrogens (tertiary/aromatic N) is 4. The molecule has 0 saturated heterocycles. The highest BCUT2D eigenvalue weighted by atomic mass is 32.2. The van der Waals surface area contributed by atoms with Crippen molar-refractivity contribution in [3.05, 3.63) is 59.2 Å². The van der Waals surface area contributed by atoms with Crippen LogP contribution in [-0.2, 0) is 17.1 Å². The summed E-state index contributed by atoms with van der Waals surface area (Å²) in [6.07, 6.45) is 0. The highest BCUT2D eigenvalue weighted by Crippen LogP contribution is 2.18. The molecule has 2 N–H and O–H groups in total. The summed E-state index contributed by atoms with van der Waals surface area (Å²) in [5.41, 5.74) is 2.92. The van der Waals surface area contributed by atoms with E-state index in [9.17, 15) is 13.2 Å². The van der Waals surface area contributed by atoms with Gasteiger partial charge in [-0.3, -0.25) is 9.48 Å². The minimum Gasteiger partial charge on any atom is -0.321 e. The average Bonchev–Trinajstić information content (AvgIpc) is 2.92. The van der Waals surface area contributed by atoms with Crippen molar-refractivity contribution in [3.63, 3.8) is 0 Å². The summed E-state index contributed by atoms with van der Waals surface area (Å²) in [7, 11) is -2.17. The van der Waals surface area contributed by atoms with Crippen molar-refractivity contribution in [2.45, 2.75) is 25.7 Å². The molecule has 0 bridgehead atoms. The molecule has 0 saturated carbocycles. The Labute approximate surface area is 162 Å². The molecular weight excluding hydrogens is 380 g/mol. The van der Waals surface area contributed by atoms with Gasteiger partial charge in [-0.2, -0.15) is 5.10 Å². The van der Waals surface area contributed by atoms with E-state index in [0.717, 1.165) is 5.69 Å². The predicted octanol–water partition coefficient (Wildman–Crippen LogP) is 2.19. The lowest BCUT2D eigenvalue weighted by Gasteiger charge is -2.09. The van der Waals surface area contributed by atoms with E-state index in [-0.39, 0.29) is 16.8 Å². The topological polar surface area (TPSA) is 119 Å². The van der Waals surface area contributed by atoms with Gasteiger partial charge in [-0.05, 0) is 57.2 Å². The molecular formula is C18H20N6O3S. The van der Waals surface area contributed by atoms with Gasteiger partial charge in [0.05, 0.1) is 10.6 Å². The Hall–Kier alpha value is -3.27. The second-order valence-corrected chi connectivity index (χ2v) is 8.04. The summed E-state index contributed by atoms with van der Waals surface area (Å²) >= 11 is 0. The summed E-state index contributed by atoms with van der Waals surface area (Å²) in [6, 6.07) is 9.24. The molecule has 0 radical (unpaired) electrons. The van der Waals surface area contributed by atoms with E-state index in [4.69, 9.17) is 0 Å². The molecule has 146 valence electrons. The van der Waals surface area contributed by atoms with E-state index in [1.807, 2.05) is 0 Å². The van der Waals surface area contributed by atoms with Crippen molar-refractivity contribution in [3.8, 4) is 0 Å². The molecule has 1 aromatic carbocycles. The number of hydrogen-bond acceptors (Lipinski definition) is 6. The number of carbonyl (C=O) groups is 1. The van der Waals surface area contributed by atoms with E-state index >= 15 is 0 Å². The van der Waals surface area contributed by atoms with Crippen molar-refractivity contribution in [1.82, 2.24) is 19.7 Å². The van der Waals surface area contributed by atoms with E-state index in [1.54, 1.807) is 40.0 Å². The Morgan fingerprint density at radius 3 is 2.11 bits per heavy atom. The summed E-state index contributed by atoms with van der Waals surface area (Å²) in [5, 5.41) is 6.84. The van der Waals surface area contributed by atoms with Crippen LogP contribution in [0.25, 0.3) is 0 Å². The molecule has 0 fully saturated rings. The number of aromatic nitrogens is 4. The van der Waals surface area contributed by atoms with Crippen LogP contribution in [0.15, 0.2) is 41.3 Å². The summed E-state index contributed by atoms with van der Waals surface area (Å²) in [4.78, 5) is 20.5. The third kappa shape index (κ3) is 4.34. The van der Waals surface area contributed by atoms with Crippen LogP contribution in [-0.4, -0.2) is 34.1 Å². The van der Waals surface area contributed by atoms with Crippen molar-refractivity contribution in [2.24, 2.45) is 7.05 Å². The smallest absolute Gasteiger partial charge is 0.273 e. The normalized spacial score (nSPS) is 11.3. The standard InChI is InChI=1S/C18H20N6O3S/c1-11-9-12(2)20-18(19-11)23-28(26,27)15-7-5-14(6-8-15)21-17(25)16-10-13(3)22-24(16)4/h5-10H,1-4H3,(H,21,25)(H,19,20,23). The zero-order valence-corrected chi connectivity index (χ0v) is 16.7. The number of carbonyl (C=O) groups excluding carboxylic acids is 1. The van der Waals surface area contributed by atoms with Gasteiger partial charge in [-0.1, -0.05) is 0 Å². The fourth-order valence-electron chi connectivity index (χ4n) is 2.69. The molecule has 0 spiro atoms. The summed E-state index contributed by atoms with van der Waals surface area (Å²) < 4.78 is 28.9. The van der Waals surface area contributed by atoms with E-state index in [1.165, 1.54) is 28.9 Å². The first-order valence-electron chi connectivity index (χ1n) is 8.41. The van der Waals surface area contributed by atoms with Crippen LogP contribution < -0.4 is 10.0 Å². The highest BCUT2D eigenvalue weighted by Gasteiger charge is 2.17. The molecule has 1 amide bonds. The molecule has 0 unspecified atom stereocenters. The Bertz CT molecular complexity index is 1120. The maximum Gasteiger partial charge on any atom is 0.273 e. The second kappa shape index (κ2) is 7.39. The van der Waals surface area contributed by atoms with Gasteiger partial charge in [0.25, 0.3) is 15.9 Å². The van der Waals surface area contributed by atoms with Crippen molar-refractivity contribution in [1.29, 1.82) is 0 Å². The van der Waals surface area contributed by atoms with Gasteiger partial charge < -0.3 is 5.32 Å². The molecule has 10 heteroatoms. The fraction of sp³-hybridized carbons (Fsp3) is 0.222. The van der Waals surface area contributed by atoms with Gasteiger partial charge >= 0.3 is 0 Å². The van der Waals surface area contributed by atoms with Gasteiger partial charge in [-0.25, -0.2) is 23.1 Å². The molecule has 0 aliphatic heterocycles. The molecule has 0 aliphatic rings. The SMILES string of the molecule is Cc1cc(C)nc(NS(=O)(=O)c2ccc(NC(=O)c3cc(C)nn3C)cc2)n1. The average molecular weight is 400 g/mol. The van der Waals surface area contributed by atoms with Crippen LogP contribution in [0.2, 0.25) is 0 Å². The van der Waals surface area contributed by atoms with Crippen LogP contribution in [0.3, 0.4) is 0 Å². The molecule has 3 aromatic rings. The number of hydrogen-bond donors (Lipinski definition) is 2. The number of nitrogens with one attached hydrogen (secondary N) is 2. The van der Waals surface area contributed by atoms with E-state index < -0.39 is 10.0 Å². The van der Waals surface area contributed by atoms with Crippen LogP contribution >= 0.6 is 0 Å². The lowest BCUT2D eigenvalue weighted by atomic mass is 10.3. The Kier molecular flexibility index (Phi) is 5.14. The molecule has 9 nitrogen and oxygen atoms in total. The van der Waals surface area contributed by atoms with Gasteiger partial charge in [0.15, 0.2) is 0 Å². The minimum atomic E-state index is -3.85. The third-order valence-corrected chi connectivity index (χ3v) is 5.21. The van der Waals surface area contributed by atoms with Crippen LogP contribution in [0, 0.1) is 20.8 Å². The highest BCUT2D eigenvalue weighted by molar-refractivity contribution is 7.92. The number of anilines is 2. The number of sulfonamides is 1. The van der Waals surface area contributed by atoms with Crippen LogP contribution in [0.1, 0.15) is 27.6 Å². The van der Waals surface area contributed by atoms with Crippen molar-refractivity contribution >= 4 is 27.6 Å². The van der Waals surface area contributed by atoms with Gasteiger partial charge in [-0.15, -0.1) is 0 Å².